The summed E-state index contributed by atoms with van der Waals surface area (Å²) >= 11 is 1.00. The molecule has 0 saturated carbocycles. The van der Waals surface area contributed by atoms with E-state index in [0.717, 1.165) is 28.2 Å². The van der Waals surface area contributed by atoms with E-state index in [1.165, 1.54) is 12.1 Å². The molecule has 124 valence electrons. The number of hydrogen-bond acceptors (Lipinski definition) is 4. The van der Waals surface area contributed by atoms with Gasteiger partial charge in [0.2, 0.25) is 5.88 Å². The topological polar surface area (TPSA) is 62.3 Å². The Morgan fingerprint density at radius 2 is 1.92 bits per heavy atom. The number of ether oxygens (including phenoxy) is 1. The molecule has 24 heavy (non-hydrogen) atoms. The van der Waals surface area contributed by atoms with Gasteiger partial charge in [-0.15, -0.1) is 0 Å². The van der Waals surface area contributed by atoms with Crippen LogP contribution in [0.15, 0.2) is 53.3 Å². The van der Waals surface area contributed by atoms with Crippen molar-refractivity contribution in [2.75, 3.05) is 6.61 Å². The molecule has 0 aliphatic carbocycles. The van der Waals surface area contributed by atoms with Gasteiger partial charge in [-0.2, -0.15) is 0 Å². The molecule has 4 nitrogen and oxygen atoms in total. The quantitative estimate of drug-likeness (QED) is 0.719. The summed E-state index contributed by atoms with van der Waals surface area (Å²) in [6, 6.07) is 13.9. The Morgan fingerprint density at radius 1 is 1.12 bits per heavy atom. The summed E-state index contributed by atoms with van der Waals surface area (Å²) in [5.41, 5.74) is 1.86. The monoisotopic (exact) mass is 345 g/mol. The molecule has 3 rings (SSSR count). The number of H-pyrrole nitrogens is 1. The summed E-state index contributed by atoms with van der Waals surface area (Å²) in [6.45, 7) is 0.461. The van der Waals surface area contributed by atoms with Crippen LogP contribution in [0.25, 0.3) is 0 Å². The number of hydrogen-bond donors (Lipinski definition) is 2. The van der Waals surface area contributed by atoms with E-state index in [9.17, 15) is 14.3 Å². The van der Waals surface area contributed by atoms with Crippen molar-refractivity contribution in [3.63, 3.8) is 0 Å². The number of aromatic hydroxyl groups is 1. The average Bonchev–Trinajstić information content (AvgIpc) is 2.87. The molecule has 0 spiro atoms. The van der Waals surface area contributed by atoms with Gasteiger partial charge in [0.25, 0.3) is 0 Å². The zero-order valence-electron chi connectivity index (χ0n) is 12.8. The minimum absolute atomic E-state index is 0.0691. The van der Waals surface area contributed by atoms with E-state index in [2.05, 4.69) is 4.98 Å². The summed E-state index contributed by atoms with van der Waals surface area (Å²) in [6.07, 6.45) is 1.11. The summed E-state index contributed by atoms with van der Waals surface area (Å²) in [5.74, 6) is 0.411. The van der Waals surface area contributed by atoms with Gasteiger partial charge in [0.1, 0.15) is 11.6 Å². The van der Waals surface area contributed by atoms with Gasteiger partial charge >= 0.3 is 4.87 Å². The van der Waals surface area contributed by atoms with Crippen LogP contribution in [-0.2, 0) is 12.8 Å². The lowest BCUT2D eigenvalue weighted by Crippen LogP contribution is -2.01. The highest BCUT2D eigenvalue weighted by atomic mass is 32.1. The van der Waals surface area contributed by atoms with Crippen LogP contribution in [0.4, 0.5) is 4.39 Å². The number of aromatic amines is 1. The molecular formula is C18H16FNO3S. The molecule has 0 radical (unpaired) electrons. The Hall–Kier alpha value is -2.60. The van der Waals surface area contributed by atoms with E-state index < -0.39 is 0 Å². The third-order valence-corrected chi connectivity index (χ3v) is 4.41. The minimum atomic E-state index is -0.264. The van der Waals surface area contributed by atoms with Crippen LogP contribution in [0, 0.1) is 5.82 Å². The molecule has 1 aromatic heterocycles. The summed E-state index contributed by atoms with van der Waals surface area (Å²) in [4.78, 5) is 13.9. The lowest BCUT2D eigenvalue weighted by Gasteiger charge is -2.07. The molecule has 0 fully saturated rings. The molecule has 2 N–H and O–H groups in total. The largest absolute Gasteiger partial charge is 0.494 e. The fourth-order valence-corrected chi connectivity index (χ4v) is 3.10. The van der Waals surface area contributed by atoms with Crippen molar-refractivity contribution >= 4 is 11.3 Å². The first-order valence-corrected chi connectivity index (χ1v) is 8.29. The number of aromatic nitrogens is 1. The fourth-order valence-electron chi connectivity index (χ4n) is 2.34. The Bertz CT molecular complexity index is 870. The third kappa shape index (κ3) is 4.23. The molecule has 0 unspecified atom stereocenters. The van der Waals surface area contributed by atoms with Gasteiger partial charge in [0.15, 0.2) is 0 Å². The molecule has 0 atom stereocenters. The van der Waals surface area contributed by atoms with Gasteiger partial charge in [0.05, 0.1) is 11.5 Å². The predicted octanol–water partition coefficient (Wildman–Crippen LogP) is 3.49. The van der Waals surface area contributed by atoms with Crippen molar-refractivity contribution in [2.24, 2.45) is 0 Å². The highest BCUT2D eigenvalue weighted by molar-refractivity contribution is 7.09. The maximum atomic E-state index is 13.1. The Balaban J connectivity index is 1.54. The van der Waals surface area contributed by atoms with Crippen LogP contribution in [0.5, 0.6) is 11.6 Å². The zero-order chi connectivity index (χ0) is 16.9. The van der Waals surface area contributed by atoms with E-state index in [1.807, 2.05) is 30.3 Å². The molecule has 6 heteroatoms. The molecule has 0 bridgehead atoms. The first kappa shape index (κ1) is 16.3. The van der Waals surface area contributed by atoms with E-state index in [0.29, 0.717) is 24.3 Å². The van der Waals surface area contributed by atoms with Crippen molar-refractivity contribution in [3.05, 3.63) is 80.0 Å². The second kappa shape index (κ2) is 7.31. The number of halogens is 1. The highest BCUT2D eigenvalue weighted by Crippen LogP contribution is 2.21. The maximum Gasteiger partial charge on any atom is 0.307 e. The average molecular weight is 345 g/mol. The van der Waals surface area contributed by atoms with Gasteiger partial charge in [-0.3, -0.25) is 9.78 Å². The number of thiazole rings is 1. The maximum absolute atomic E-state index is 13.1. The molecule has 0 aliphatic rings. The normalized spacial score (nSPS) is 10.7. The van der Waals surface area contributed by atoms with Crippen molar-refractivity contribution in [1.82, 2.24) is 4.98 Å². The Kier molecular flexibility index (Phi) is 4.96. The smallest absolute Gasteiger partial charge is 0.307 e. The lowest BCUT2D eigenvalue weighted by molar-refractivity contribution is 0.321. The van der Waals surface area contributed by atoms with Gasteiger partial charge in [-0.1, -0.05) is 35.6 Å². The standard InChI is InChI=1S/C18H16FNO3S/c19-14-3-1-2-12(10-14)8-9-23-15-6-4-13(5-7-15)11-16-17(21)20-18(22)24-16/h1-7,10,21H,8-9,11H2,(H,20,22). The van der Waals surface area contributed by atoms with Crippen LogP contribution in [0.1, 0.15) is 16.0 Å². The summed E-state index contributed by atoms with van der Waals surface area (Å²) in [7, 11) is 0. The van der Waals surface area contributed by atoms with Gasteiger partial charge in [-0.25, -0.2) is 4.39 Å². The molecule has 0 amide bonds. The first-order chi connectivity index (χ1) is 11.6. The molecule has 2 aromatic carbocycles. The van der Waals surface area contributed by atoms with Gasteiger partial charge in [0, 0.05) is 12.8 Å². The van der Waals surface area contributed by atoms with E-state index >= 15 is 0 Å². The van der Waals surface area contributed by atoms with E-state index in [4.69, 9.17) is 4.74 Å². The summed E-state index contributed by atoms with van der Waals surface area (Å²) < 4.78 is 18.7. The fraction of sp³-hybridized carbons (Fsp3) is 0.167. The third-order valence-electron chi connectivity index (χ3n) is 3.54. The van der Waals surface area contributed by atoms with Crippen LogP contribution in [-0.4, -0.2) is 16.7 Å². The van der Waals surface area contributed by atoms with E-state index in [-0.39, 0.29) is 16.6 Å². The minimum Gasteiger partial charge on any atom is -0.494 e. The number of benzene rings is 2. The van der Waals surface area contributed by atoms with Crippen molar-refractivity contribution in [2.45, 2.75) is 12.8 Å². The van der Waals surface area contributed by atoms with E-state index in [1.54, 1.807) is 6.07 Å². The Morgan fingerprint density at radius 3 is 2.58 bits per heavy atom. The van der Waals surface area contributed by atoms with Crippen LogP contribution < -0.4 is 9.61 Å². The first-order valence-electron chi connectivity index (χ1n) is 7.47. The predicted molar refractivity (Wildman–Crippen MR) is 91.5 cm³/mol. The van der Waals surface area contributed by atoms with Crippen molar-refractivity contribution < 1.29 is 14.2 Å². The van der Waals surface area contributed by atoms with Crippen molar-refractivity contribution in [1.29, 1.82) is 0 Å². The second-order valence-electron chi connectivity index (χ2n) is 5.34. The number of rotatable bonds is 6. The zero-order valence-corrected chi connectivity index (χ0v) is 13.6. The van der Waals surface area contributed by atoms with Gasteiger partial charge < -0.3 is 9.84 Å². The molecule has 1 heterocycles. The van der Waals surface area contributed by atoms with Gasteiger partial charge in [-0.05, 0) is 35.4 Å². The second-order valence-corrected chi connectivity index (χ2v) is 6.40. The SMILES string of the molecule is O=c1[nH]c(O)c(Cc2ccc(OCCc3cccc(F)c3)cc2)s1. The summed E-state index contributed by atoms with van der Waals surface area (Å²) in [5, 5.41) is 9.59. The molecule has 3 aromatic rings. The van der Waals surface area contributed by atoms with Crippen LogP contribution in [0.2, 0.25) is 0 Å². The highest BCUT2D eigenvalue weighted by Gasteiger charge is 2.07. The Labute approximate surface area is 142 Å². The number of nitrogens with one attached hydrogen (secondary N) is 1. The molecule has 0 aliphatic heterocycles. The lowest BCUT2D eigenvalue weighted by atomic mass is 10.1. The molecular weight excluding hydrogens is 329 g/mol. The van der Waals surface area contributed by atoms with Crippen LogP contribution in [0.3, 0.4) is 0 Å². The molecule has 0 saturated heterocycles. The van der Waals surface area contributed by atoms with Crippen LogP contribution >= 0.6 is 11.3 Å². The van der Waals surface area contributed by atoms with Crippen molar-refractivity contribution in [3.8, 4) is 11.6 Å².